The lowest BCUT2D eigenvalue weighted by molar-refractivity contribution is 0.907. The highest BCUT2D eigenvalue weighted by molar-refractivity contribution is 6.31. The molecule has 0 amide bonds. The summed E-state index contributed by atoms with van der Waals surface area (Å²) in [7, 11) is 0. The SMILES string of the molecule is Cc1cc(-c2nc3ccc(Cl)cn3c2CCN)ccc1Cl. The quantitative estimate of drug-likeness (QED) is 0.789. The molecule has 0 saturated carbocycles. The Morgan fingerprint density at radius 1 is 1.19 bits per heavy atom. The number of aromatic nitrogens is 2. The summed E-state index contributed by atoms with van der Waals surface area (Å²) in [6.45, 7) is 2.54. The Labute approximate surface area is 133 Å². The van der Waals surface area contributed by atoms with E-state index in [4.69, 9.17) is 33.9 Å². The number of pyridine rings is 1. The molecule has 0 aliphatic heterocycles. The van der Waals surface area contributed by atoms with E-state index in [1.807, 2.05) is 47.9 Å². The summed E-state index contributed by atoms with van der Waals surface area (Å²) in [4.78, 5) is 4.72. The number of hydrogen-bond acceptors (Lipinski definition) is 2. The second-order valence-corrected chi connectivity index (χ2v) is 5.83. The third kappa shape index (κ3) is 2.64. The number of imidazole rings is 1. The van der Waals surface area contributed by atoms with Crippen LogP contribution < -0.4 is 5.73 Å². The molecule has 0 unspecified atom stereocenters. The van der Waals surface area contributed by atoms with Crippen molar-refractivity contribution >= 4 is 28.8 Å². The van der Waals surface area contributed by atoms with Crippen molar-refractivity contribution in [1.29, 1.82) is 0 Å². The first-order chi connectivity index (χ1) is 10.1. The zero-order chi connectivity index (χ0) is 15.0. The molecule has 0 fully saturated rings. The molecule has 3 nitrogen and oxygen atoms in total. The van der Waals surface area contributed by atoms with Crippen LogP contribution in [0.5, 0.6) is 0 Å². The highest BCUT2D eigenvalue weighted by Crippen LogP contribution is 2.28. The molecule has 5 heteroatoms. The molecule has 0 spiro atoms. The standard InChI is InChI=1S/C16H15Cl2N3/c1-10-8-11(2-4-13(10)18)16-14(6-7-19)21-9-12(17)3-5-15(21)20-16/h2-5,8-9H,6-7,19H2,1H3. The summed E-state index contributed by atoms with van der Waals surface area (Å²) in [5.41, 5.74) is 10.7. The van der Waals surface area contributed by atoms with Gasteiger partial charge in [-0.05, 0) is 43.3 Å². The molecule has 3 rings (SSSR count). The van der Waals surface area contributed by atoms with Crippen LogP contribution in [-0.4, -0.2) is 15.9 Å². The van der Waals surface area contributed by atoms with Crippen molar-refractivity contribution in [2.75, 3.05) is 6.54 Å². The van der Waals surface area contributed by atoms with Crippen LogP contribution in [0, 0.1) is 6.92 Å². The van der Waals surface area contributed by atoms with E-state index in [0.717, 1.165) is 39.6 Å². The van der Waals surface area contributed by atoms with Gasteiger partial charge in [-0.15, -0.1) is 0 Å². The minimum atomic E-state index is 0.555. The van der Waals surface area contributed by atoms with Gasteiger partial charge in [-0.2, -0.15) is 0 Å². The summed E-state index contributed by atoms with van der Waals surface area (Å²) in [5, 5.41) is 1.43. The zero-order valence-electron chi connectivity index (χ0n) is 11.6. The fraction of sp³-hybridized carbons (Fsp3) is 0.188. The second kappa shape index (κ2) is 5.68. The van der Waals surface area contributed by atoms with E-state index in [0.29, 0.717) is 11.6 Å². The Balaban J connectivity index is 2.25. The van der Waals surface area contributed by atoms with E-state index >= 15 is 0 Å². The molecule has 108 valence electrons. The van der Waals surface area contributed by atoms with Crippen LogP contribution in [0.25, 0.3) is 16.9 Å². The molecule has 3 aromatic rings. The van der Waals surface area contributed by atoms with Gasteiger partial charge in [0.2, 0.25) is 0 Å². The molecule has 0 radical (unpaired) electrons. The maximum absolute atomic E-state index is 6.11. The normalized spacial score (nSPS) is 11.2. The van der Waals surface area contributed by atoms with Gasteiger partial charge in [0.15, 0.2) is 0 Å². The van der Waals surface area contributed by atoms with E-state index in [2.05, 4.69) is 0 Å². The van der Waals surface area contributed by atoms with E-state index in [1.165, 1.54) is 0 Å². The topological polar surface area (TPSA) is 43.3 Å². The summed E-state index contributed by atoms with van der Waals surface area (Å²) >= 11 is 12.2. The average molecular weight is 320 g/mol. The average Bonchev–Trinajstić information content (AvgIpc) is 2.81. The Morgan fingerprint density at radius 2 is 2.00 bits per heavy atom. The van der Waals surface area contributed by atoms with Crippen LogP contribution in [0.2, 0.25) is 10.0 Å². The minimum absolute atomic E-state index is 0.555. The molecule has 1 aromatic carbocycles. The number of halogens is 2. The number of hydrogen-bond donors (Lipinski definition) is 1. The second-order valence-electron chi connectivity index (χ2n) is 4.99. The predicted molar refractivity (Wildman–Crippen MR) is 88.1 cm³/mol. The molecule has 2 N–H and O–H groups in total. The minimum Gasteiger partial charge on any atom is -0.330 e. The molecule has 2 aromatic heterocycles. The van der Waals surface area contributed by atoms with Crippen molar-refractivity contribution in [3.8, 4) is 11.3 Å². The van der Waals surface area contributed by atoms with E-state index in [9.17, 15) is 0 Å². The van der Waals surface area contributed by atoms with Gasteiger partial charge in [0.05, 0.1) is 16.4 Å². The molecular formula is C16H15Cl2N3. The Morgan fingerprint density at radius 3 is 2.71 bits per heavy atom. The lowest BCUT2D eigenvalue weighted by Crippen LogP contribution is -2.06. The fourth-order valence-corrected chi connectivity index (χ4v) is 2.74. The van der Waals surface area contributed by atoms with Crippen molar-refractivity contribution in [1.82, 2.24) is 9.38 Å². The van der Waals surface area contributed by atoms with Gasteiger partial charge in [-0.25, -0.2) is 4.98 Å². The number of benzene rings is 1. The summed E-state index contributed by atoms with van der Waals surface area (Å²) in [6, 6.07) is 9.68. The molecule has 0 atom stereocenters. The molecule has 0 saturated heterocycles. The molecule has 21 heavy (non-hydrogen) atoms. The van der Waals surface area contributed by atoms with E-state index in [-0.39, 0.29) is 0 Å². The Kier molecular flexibility index (Phi) is 3.89. The monoisotopic (exact) mass is 319 g/mol. The van der Waals surface area contributed by atoms with Gasteiger partial charge in [-0.1, -0.05) is 29.3 Å². The van der Waals surface area contributed by atoms with Crippen LogP contribution in [-0.2, 0) is 6.42 Å². The largest absolute Gasteiger partial charge is 0.330 e. The van der Waals surface area contributed by atoms with Crippen molar-refractivity contribution in [2.45, 2.75) is 13.3 Å². The fourth-order valence-electron chi connectivity index (χ4n) is 2.47. The van der Waals surface area contributed by atoms with E-state index < -0.39 is 0 Å². The van der Waals surface area contributed by atoms with Gasteiger partial charge in [0.25, 0.3) is 0 Å². The maximum atomic E-state index is 6.11. The number of nitrogens with zero attached hydrogens (tertiary/aromatic N) is 2. The van der Waals surface area contributed by atoms with Crippen LogP contribution in [0.15, 0.2) is 36.5 Å². The number of aryl methyl sites for hydroxylation is 1. The third-order valence-electron chi connectivity index (χ3n) is 3.49. The van der Waals surface area contributed by atoms with Gasteiger partial charge >= 0.3 is 0 Å². The molecule has 2 heterocycles. The molecule has 0 aliphatic rings. The first-order valence-corrected chi connectivity index (χ1v) is 7.49. The van der Waals surface area contributed by atoms with Gasteiger partial charge in [0, 0.05) is 23.2 Å². The summed E-state index contributed by atoms with van der Waals surface area (Å²) < 4.78 is 2.01. The van der Waals surface area contributed by atoms with Gasteiger partial charge in [0.1, 0.15) is 5.65 Å². The third-order valence-corrected chi connectivity index (χ3v) is 4.14. The molecule has 0 bridgehead atoms. The Bertz CT molecular complexity index is 809. The lowest BCUT2D eigenvalue weighted by atomic mass is 10.1. The first-order valence-electron chi connectivity index (χ1n) is 6.73. The van der Waals surface area contributed by atoms with Crippen molar-refractivity contribution < 1.29 is 0 Å². The van der Waals surface area contributed by atoms with Crippen molar-refractivity contribution in [2.24, 2.45) is 5.73 Å². The smallest absolute Gasteiger partial charge is 0.137 e. The van der Waals surface area contributed by atoms with Crippen LogP contribution >= 0.6 is 23.2 Å². The highest BCUT2D eigenvalue weighted by atomic mass is 35.5. The number of rotatable bonds is 3. The van der Waals surface area contributed by atoms with Gasteiger partial charge < -0.3 is 10.1 Å². The van der Waals surface area contributed by atoms with Gasteiger partial charge in [-0.3, -0.25) is 0 Å². The zero-order valence-corrected chi connectivity index (χ0v) is 13.1. The molecule has 0 aliphatic carbocycles. The summed E-state index contributed by atoms with van der Waals surface area (Å²) in [6.07, 6.45) is 2.61. The van der Waals surface area contributed by atoms with Crippen LogP contribution in [0.3, 0.4) is 0 Å². The first kappa shape index (κ1) is 14.4. The van der Waals surface area contributed by atoms with Crippen molar-refractivity contribution in [3.05, 3.63) is 57.8 Å². The molecular weight excluding hydrogens is 305 g/mol. The maximum Gasteiger partial charge on any atom is 0.137 e. The number of fused-ring (bicyclic) bond motifs is 1. The van der Waals surface area contributed by atoms with Crippen LogP contribution in [0.4, 0.5) is 0 Å². The summed E-state index contributed by atoms with van der Waals surface area (Å²) in [5.74, 6) is 0. The lowest BCUT2D eigenvalue weighted by Gasteiger charge is -2.06. The van der Waals surface area contributed by atoms with E-state index in [1.54, 1.807) is 0 Å². The predicted octanol–water partition coefficient (Wildman–Crippen LogP) is 4.12. The number of nitrogens with two attached hydrogens (primary N) is 1. The highest BCUT2D eigenvalue weighted by Gasteiger charge is 2.14. The van der Waals surface area contributed by atoms with Crippen molar-refractivity contribution in [3.63, 3.8) is 0 Å². The Hall–Kier alpha value is -1.55. The van der Waals surface area contributed by atoms with Crippen LogP contribution in [0.1, 0.15) is 11.3 Å².